The summed E-state index contributed by atoms with van der Waals surface area (Å²) in [6.45, 7) is 5.38. The van der Waals surface area contributed by atoms with E-state index in [1.165, 1.54) is 0 Å². The highest BCUT2D eigenvalue weighted by atomic mass is 16.3. The van der Waals surface area contributed by atoms with Crippen LogP contribution in [0.5, 0.6) is 5.75 Å². The Bertz CT molecular complexity index is 399. The second-order valence-corrected chi connectivity index (χ2v) is 3.96. The summed E-state index contributed by atoms with van der Waals surface area (Å²) >= 11 is 0. The van der Waals surface area contributed by atoms with Crippen molar-refractivity contribution < 1.29 is 15.0 Å². The molecule has 0 aliphatic carbocycles. The van der Waals surface area contributed by atoms with Crippen LogP contribution in [0.1, 0.15) is 28.4 Å². The lowest BCUT2D eigenvalue weighted by Gasteiger charge is -2.11. The Hall–Kier alpha value is -1.55. The van der Waals surface area contributed by atoms with Gasteiger partial charge in [0.05, 0.1) is 11.7 Å². The Balaban J connectivity index is 2.88. The summed E-state index contributed by atoms with van der Waals surface area (Å²) in [7, 11) is 0. The Labute approximate surface area is 94.9 Å². The van der Waals surface area contributed by atoms with Crippen LogP contribution in [0.4, 0.5) is 0 Å². The van der Waals surface area contributed by atoms with Crippen LogP contribution in [0.25, 0.3) is 0 Å². The van der Waals surface area contributed by atoms with Gasteiger partial charge in [-0.3, -0.25) is 4.79 Å². The van der Waals surface area contributed by atoms with Crippen molar-refractivity contribution in [3.05, 3.63) is 28.8 Å². The summed E-state index contributed by atoms with van der Waals surface area (Å²) in [5.41, 5.74) is 1.87. The highest BCUT2D eigenvalue weighted by Crippen LogP contribution is 2.24. The van der Waals surface area contributed by atoms with Crippen molar-refractivity contribution in [1.82, 2.24) is 5.32 Å². The zero-order valence-electron chi connectivity index (χ0n) is 9.74. The van der Waals surface area contributed by atoms with Gasteiger partial charge in [0.15, 0.2) is 0 Å². The molecular weight excluding hydrogens is 206 g/mol. The van der Waals surface area contributed by atoms with E-state index in [0.29, 0.717) is 5.56 Å². The zero-order chi connectivity index (χ0) is 12.3. The van der Waals surface area contributed by atoms with Crippen LogP contribution < -0.4 is 5.32 Å². The lowest BCUT2D eigenvalue weighted by molar-refractivity contribution is 0.0921. The van der Waals surface area contributed by atoms with E-state index >= 15 is 0 Å². The zero-order valence-corrected chi connectivity index (χ0v) is 9.74. The Morgan fingerprint density at radius 2 is 2.06 bits per heavy atom. The largest absolute Gasteiger partial charge is 0.507 e. The Morgan fingerprint density at radius 3 is 2.62 bits per heavy atom. The molecule has 3 N–H and O–H groups in total. The maximum atomic E-state index is 11.7. The molecule has 0 bridgehead atoms. The number of phenolic OH excluding ortho intramolecular Hbond substituents is 1. The molecule has 88 valence electrons. The van der Waals surface area contributed by atoms with Crippen LogP contribution in [0.15, 0.2) is 12.1 Å². The van der Waals surface area contributed by atoms with Gasteiger partial charge in [0.25, 0.3) is 5.91 Å². The number of hydrogen-bond donors (Lipinski definition) is 3. The van der Waals surface area contributed by atoms with E-state index in [1.807, 2.05) is 6.92 Å². The molecule has 1 unspecified atom stereocenters. The molecule has 1 aromatic carbocycles. The number of benzene rings is 1. The van der Waals surface area contributed by atoms with E-state index in [-0.39, 0.29) is 23.8 Å². The van der Waals surface area contributed by atoms with Gasteiger partial charge < -0.3 is 15.5 Å². The standard InChI is InChI=1S/C12H17NO3/c1-7-4-5-10(11(15)9(7)3)12(16)13-6-8(2)14/h4-5,8,14-15H,6H2,1-3H3,(H,13,16). The molecule has 0 saturated carbocycles. The van der Waals surface area contributed by atoms with Gasteiger partial charge in [0, 0.05) is 6.54 Å². The number of amides is 1. The predicted octanol–water partition coefficient (Wildman–Crippen LogP) is 1.12. The fourth-order valence-electron chi connectivity index (χ4n) is 1.32. The number of hydrogen-bond acceptors (Lipinski definition) is 3. The van der Waals surface area contributed by atoms with Gasteiger partial charge in [0.1, 0.15) is 5.75 Å². The summed E-state index contributed by atoms with van der Waals surface area (Å²) in [5, 5.41) is 21.4. The molecule has 1 rings (SSSR count). The molecule has 0 spiro atoms. The normalized spacial score (nSPS) is 12.2. The van der Waals surface area contributed by atoms with Gasteiger partial charge in [-0.05, 0) is 38.0 Å². The Morgan fingerprint density at radius 1 is 1.44 bits per heavy atom. The third-order valence-electron chi connectivity index (χ3n) is 2.50. The molecule has 0 heterocycles. The molecule has 16 heavy (non-hydrogen) atoms. The van der Waals surface area contributed by atoms with Crippen LogP contribution in [-0.2, 0) is 0 Å². The minimum atomic E-state index is -0.599. The van der Waals surface area contributed by atoms with Gasteiger partial charge in [0.2, 0.25) is 0 Å². The summed E-state index contributed by atoms with van der Waals surface area (Å²) in [6, 6.07) is 3.36. The first-order valence-electron chi connectivity index (χ1n) is 5.19. The summed E-state index contributed by atoms with van der Waals surface area (Å²) in [5.74, 6) is -0.371. The third kappa shape index (κ3) is 2.73. The predicted molar refractivity (Wildman–Crippen MR) is 61.6 cm³/mol. The number of rotatable bonds is 3. The minimum absolute atomic E-state index is 0.00286. The van der Waals surface area contributed by atoms with Gasteiger partial charge in [-0.25, -0.2) is 0 Å². The molecular formula is C12H17NO3. The molecule has 1 atom stereocenters. The van der Waals surface area contributed by atoms with Crippen molar-refractivity contribution in [3.63, 3.8) is 0 Å². The number of aromatic hydroxyl groups is 1. The SMILES string of the molecule is Cc1ccc(C(=O)NCC(C)O)c(O)c1C. The van der Waals surface area contributed by atoms with Crippen LogP contribution in [0, 0.1) is 13.8 Å². The average Bonchev–Trinajstić information content (AvgIpc) is 2.23. The van der Waals surface area contributed by atoms with Crippen molar-refractivity contribution >= 4 is 5.91 Å². The van der Waals surface area contributed by atoms with Crippen LogP contribution in [0.3, 0.4) is 0 Å². The number of nitrogens with one attached hydrogen (secondary N) is 1. The molecule has 4 heteroatoms. The third-order valence-corrected chi connectivity index (χ3v) is 2.50. The lowest BCUT2D eigenvalue weighted by atomic mass is 10.0. The fraction of sp³-hybridized carbons (Fsp3) is 0.417. The number of phenols is 1. The molecule has 4 nitrogen and oxygen atoms in total. The topological polar surface area (TPSA) is 69.6 Å². The fourth-order valence-corrected chi connectivity index (χ4v) is 1.32. The number of carbonyl (C=O) groups excluding carboxylic acids is 1. The van der Waals surface area contributed by atoms with Crippen LogP contribution in [-0.4, -0.2) is 28.8 Å². The van der Waals surface area contributed by atoms with E-state index in [1.54, 1.807) is 26.0 Å². The van der Waals surface area contributed by atoms with E-state index < -0.39 is 6.10 Å². The molecule has 1 aromatic rings. The highest BCUT2D eigenvalue weighted by molar-refractivity contribution is 5.97. The first kappa shape index (κ1) is 12.5. The average molecular weight is 223 g/mol. The first-order valence-corrected chi connectivity index (χ1v) is 5.19. The van der Waals surface area contributed by atoms with Gasteiger partial charge >= 0.3 is 0 Å². The molecule has 1 amide bonds. The van der Waals surface area contributed by atoms with Crippen LogP contribution >= 0.6 is 0 Å². The summed E-state index contributed by atoms with van der Waals surface area (Å²) in [4.78, 5) is 11.7. The number of carbonyl (C=O) groups is 1. The van der Waals surface area contributed by atoms with E-state index in [2.05, 4.69) is 5.32 Å². The minimum Gasteiger partial charge on any atom is -0.507 e. The van der Waals surface area contributed by atoms with Crippen molar-refractivity contribution in [2.24, 2.45) is 0 Å². The highest BCUT2D eigenvalue weighted by Gasteiger charge is 2.13. The molecule has 0 saturated heterocycles. The number of aliphatic hydroxyl groups is 1. The second kappa shape index (κ2) is 4.99. The quantitative estimate of drug-likeness (QED) is 0.719. The molecule has 0 aliphatic rings. The van der Waals surface area contributed by atoms with Crippen molar-refractivity contribution in [2.75, 3.05) is 6.54 Å². The van der Waals surface area contributed by atoms with Crippen molar-refractivity contribution in [2.45, 2.75) is 26.9 Å². The maximum absolute atomic E-state index is 11.7. The molecule has 0 radical (unpaired) electrons. The Kier molecular flexibility index (Phi) is 3.90. The molecule has 0 fully saturated rings. The van der Waals surface area contributed by atoms with Gasteiger partial charge in [-0.2, -0.15) is 0 Å². The first-order chi connectivity index (χ1) is 7.43. The monoisotopic (exact) mass is 223 g/mol. The van der Waals surface area contributed by atoms with E-state index in [4.69, 9.17) is 5.11 Å². The van der Waals surface area contributed by atoms with Crippen molar-refractivity contribution in [3.8, 4) is 5.75 Å². The van der Waals surface area contributed by atoms with Gasteiger partial charge in [-0.1, -0.05) is 6.07 Å². The second-order valence-electron chi connectivity index (χ2n) is 3.96. The number of aliphatic hydroxyl groups excluding tert-OH is 1. The van der Waals surface area contributed by atoms with E-state index in [9.17, 15) is 9.90 Å². The maximum Gasteiger partial charge on any atom is 0.255 e. The molecule has 0 aromatic heterocycles. The lowest BCUT2D eigenvalue weighted by Crippen LogP contribution is -2.30. The molecule has 0 aliphatic heterocycles. The van der Waals surface area contributed by atoms with Crippen LogP contribution in [0.2, 0.25) is 0 Å². The summed E-state index contributed by atoms with van der Waals surface area (Å²) in [6.07, 6.45) is -0.599. The smallest absolute Gasteiger partial charge is 0.255 e. The number of aryl methyl sites for hydroxylation is 1. The summed E-state index contributed by atoms with van der Waals surface area (Å²) < 4.78 is 0. The van der Waals surface area contributed by atoms with E-state index in [0.717, 1.165) is 5.56 Å². The van der Waals surface area contributed by atoms with Crippen molar-refractivity contribution in [1.29, 1.82) is 0 Å². The van der Waals surface area contributed by atoms with Gasteiger partial charge in [-0.15, -0.1) is 0 Å².